The van der Waals surface area contributed by atoms with Crippen molar-refractivity contribution in [2.45, 2.75) is 64.6 Å². The van der Waals surface area contributed by atoms with Crippen molar-refractivity contribution in [1.29, 1.82) is 0 Å². The average Bonchev–Trinajstić information content (AvgIpc) is 3.36. The Morgan fingerprint density at radius 3 is 2.21 bits per heavy atom. The Bertz CT molecular complexity index is 1280. The zero-order valence-corrected chi connectivity index (χ0v) is 24.1. The monoisotopic (exact) mass is 581 g/mol. The Labute approximate surface area is 234 Å². The maximum Gasteiger partial charge on any atom is 0.244 e. The number of rotatable bonds is 11. The van der Waals surface area contributed by atoms with Gasteiger partial charge in [0.1, 0.15) is 12.6 Å². The van der Waals surface area contributed by atoms with E-state index in [1.807, 2.05) is 0 Å². The van der Waals surface area contributed by atoms with Gasteiger partial charge >= 0.3 is 0 Å². The van der Waals surface area contributed by atoms with Crippen molar-refractivity contribution in [3.8, 4) is 0 Å². The molecule has 1 atom stereocenters. The van der Waals surface area contributed by atoms with Gasteiger partial charge in [-0.1, -0.05) is 61.2 Å². The Balaban J connectivity index is 1.99. The summed E-state index contributed by atoms with van der Waals surface area (Å²) < 4.78 is 26.5. The highest BCUT2D eigenvalue weighted by molar-refractivity contribution is 7.92. The minimum atomic E-state index is -3.93. The van der Waals surface area contributed by atoms with Crippen molar-refractivity contribution in [1.82, 2.24) is 10.2 Å². The third-order valence-corrected chi connectivity index (χ3v) is 8.55. The fourth-order valence-corrected chi connectivity index (χ4v) is 5.99. The molecule has 2 aromatic carbocycles. The number of nitrogens with zero attached hydrogens (tertiary/aromatic N) is 2. The molecule has 0 saturated heterocycles. The lowest BCUT2D eigenvalue weighted by molar-refractivity contribution is -0.140. The molecule has 2 amide bonds. The number of nitrogens with one attached hydrogen (secondary N) is 1. The van der Waals surface area contributed by atoms with Gasteiger partial charge in [-0.05, 0) is 50.5 Å². The first-order valence-electron chi connectivity index (χ1n) is 12.5. The SMILES string of the molecule is CC[C@H](C(=O)NC1CCCC1)N(Cc1c(Cl)cccc1Cl)C(=O)CN(c1cccc(C(C)=O)c1)S(C)(=O)=O. The summed E-state index contributed by atoms with van der Waals surface area (Å²) in [6.45, 7) is 2.51. The van der Waals surface area contributed by atoms with Gasteiger partial charge in [0.15, 0.2) is 5.78 Å². The average molecular weight is 583 g/mol. The first kappa shape index (κ1) is 29.9. The van der Waals surface area contributed by atoms with Crippen molar-refractivity contribution in [2.24, 2.45) is 0 Å². The summed E-state index contributed by atoms with van der Waals surface area (Å²) in [5, 5.41) is 3.71. The van der Waals surface area contributed by atoms with Crippen molar-refractivity contribution >= 4 is 56.5 Å². The molecule has 8 nitrogen and oxygen atoms in total. The number of sulfonamides is 1. The first-order chi connectivity index (χ1) is 17.9. The van der Waals surface area contributed by atoms with Gasteiger partial charge in [-0.3, -0.25) is 18.7 Å². The molecule has 0 aromatic heterocycles. The van der Waals surface area contributed by atoms with Crippen LogP contribution in [0.4, 0.5) is 5.69 Å². The molecule has 0 heterocycles. The smallest absolute Gasteiger partial charge is 0.244 e. The summed E-state index contributed by atoms with van der Waals surface area (Å²) in [4.78, 5) is 40.5. The largest absolute Gasteiger partial charge is 0.352 e. The van der Waals surface area contributed by atoms with Gasteiger partial charge < -0.3 is 10.2 Å². The molecular formula is C27H33Cl2N3O5S. The predicted octanol–water partition coefficient (Wildman–Crippen LogP) is 4.83. The molecule has 11 heteroatoms. The summed E-state index contributed by atoms with van der Waals surface area (Å²) in [6.07, 6.45) is 5.09. The second-order valence-corrected chi connectivity index (χ2v) is 12.2. The minimum absolute atomic E-state index is 0.0410. The Morgan fingerprint density at radius 2 is 1.66 bits per heavy atom. The van der Waals surface area contributed by atoms with Crippen molar-refractivity contribution in [3.63, 3.8) is 0 Å². The molecule has 1 fully saturated rings. The highest BCUT2D eigenvalue weighted by Crippen LogP contribution is 2.28. The number of benzene rings is 2. The van der Waals surface area contributed by atoms with Crippen molar-refractivity contribution < 1.29 is 22.8 Å². The highest BCUT2D eigenvalue weighted by Gasteiger charge is 2.33. The molecule has 1 saturated carbocycles. The number of carbonyl (C=O) groups excluding carboxylic acids is 3. The molecule has 206 valence electrons. The van der Waals surface area contributed by atoms with E-state index in [4.69, 9.17) is 23.2 Å². The van der Waals surface area contributed by atoms with Gasteiger partial charge in [0.25, 0.3) is 0 Å². The molecule has 0 spiro atoms. The highest BCUT2D eigenvalue weighted by atomic mass is 35.5. The number of halogens is 2. The standard InChI is InChI=1S/C27H33Cl2N3O5S/c1-4-25(27(35)30-20-10-5-6-11-20)31(16-22-23(28)13-8-14-24(22)29)26(34)17-32(38(3,36)37)21-12-7-9-19(15-21)18(2)33/h7-9,12-15,20,25H,4-6,10-11,16-17H2,1-3H3,(H,30,35)/t25-/m1/s1. The molecule has 38 heavy (non-hydrogen) atoms. The number of ketones is 1. The number of carbonyl (C=O) groups is 3. The summed E-state index contributed by atoms with van der Waals surface area (Å²) in [5.74, 6) is -1.15. The fourth-order valence-electron chi connectivity index (χ4n) is 4.63. The first-order valence-corrected chi connectivity index (χ1v) is 15.1. The summed E-state index contributed by atoms with van der Waals surface area (Å²) >= 11 is 12.8. The molecule has 0 radical (unpaired) electrons. The number of hydrogen-bond acceptors (Lipinski definition) is 5. The molecule has 0 bridgehead atoms. The number of anilines is 1. The number of amides is 2. The van der Waals surface area contributed by atoms with E-state index in [1.54, 1.807) is 37.3 Å². The molecule has 1 N–H and O–H groups in total. The molecule has 3 rings (SSSR count). The van der Waals surface area contributed by atoms with Crippen LogP contribution >= 0.6 is 23.2 Å². The van der Waals surface area contributed by atoms with Crippen molar-refractivity contribution in [3.05, 3.63) is 63.6 Å². The molecule has 0 unspecified atom stereocenters. The fraction of sp³-hybridized carbons (Fsp3) is 0.444. The van der Waals surface area contributed by atoms with Crippen LogP contribution in [0.2, 0.25) is 10.0 Å². The normalized spacial score (nSPS) is 14.7. The third kappa shape index (κ3) is 7.48. The predicted molar refractivity (Wildman–Crippen MR) is 150 cm³/mol. The molecule has 1 aliphatic rings. The van der Waals surface area contributed by atoms with E-state index in [0.29, 0.717) is 27.6 Å². The zero-order valence-electron chi connectivity index (χ0n) is 21.7. The van der Waals surface area contributed by atoms with Crippen LogP contribution in [0, 0.1) is 0 Å². The van der Waals surface area contributed by atoms with Gasteiger partial charge in [0.2, 0.25) is 21.8 Å². The van der Waals surface area contributed by atoms with E-state index < -0.39 is 28.5 Å². The van der Waals surface area contributed by atoms with Gasteiger partial charge in [0.05, 0.1) is 11.9 Å². The molecular weight excluding hydrogens is 549 g/mol. The molecule has 2 aromatic rings. The van der Waals surface area contributed by atoms with E-state index in [9.17, 15) is 22.8 Å². The molecule has 1 aliphatic carbocycles. The Hall–Kier alpha value is -2.62. The van der Waals surface area contributed by atoms with Crippen LogP contribution < -0.4 is 9.62 Å². The van der Waals surface area contributed by atoms with Crippen LogP contribution in [0.1, 0.15) is 61.9 Å². The summed E-state index contributed by atoms with van der Waals surface area (Å²) in [7, 11) is -3.93. The van der Waals surface area contributed by atoms with Crippen LogP contribution in [0.25, 0.3) is 0 Å². The van der Waals surface area contributed by atoms with Gasteiger partial charge in [-0.15, -0.1) is 0 Å². The van der Waals surface area contributed by atoms with Crippen LogP contribution in [-0.4, -0.2) is 55.8 Å². The topological polar surface area (TPSA) is 104 Å². The zero-order chi connectivity index (χ0) is 28.0. The maximum atomic E-state index is 13.8. The van der Waals surface area contributed by atoms with Crippen LogP contribution in [0.15, 0.2) is 42.5 Å². The quantitative estimate of drug-likeness (QED) is 0.383. The van der Waals surface area contributed by atoms with Crippen LogP contribution in [-0.2, 0) is 26.2 Å². The second kappa shape index (κ2) is 13.0. The summed E-state index contributed by atoms with van der Waals surface area (Å²) in [6, 6.07) is 10.2. The lowest BCUT2D eigenvalue weighted by Crippen LogP contribution is -2.53. The van der Waals surface area contributed by atoms with Crippen LogP contribution in [0.5, 0.6) is 0 Å². The van der Waals surface area contributed by atoms with E-state index in [-0.39, 0.29) is 30.0 Å². The van der Waals surface area contributed by atoms with Gasteiger partial charge in [-0.25, -0.2) is 8.42 Å². The minimum Gasteiger partial charge on any atom is -0.352 e. The van der Waals surface area contributed by atoms with E-state index >= 15 is 0 Å². The van der Waals surface area contributed by atoms with Gasteiger partial charge in [0, 0.05) is 33.8 Å². The lowest BCUT2D eigenvalue weighted by Gasteiger charge is -2.33. The molecule has 0 aliphatic heterocycles. The van der Waals surface area contributed by atoms with E-state index in [1.165, 1.54) is 24.0 Å². The number of Topliss-reactive ketones (excluding diaryl/α,β-unsaturated/α-hetero) is 1. The Morgan fingerprint density at radius 1 is 1.05 bits per heavy atom. The summed E-state index contributed by atoms with van der Waals surface area (Å²) in [5.41, 5.74) is 0.944. The van der Waals surface area contributed by atoms with E-state index in [2.05, 4.69) is 5.32 Å². The van der Waals surface area contributed by atoms with Gasteiger partial charge in [-0.2, -0.15) is 0 Å². The second-order valence-electron chi connectivity index (χ2n) is 9.51. The Kier molecular flexibility index (Phi) is 10.2. The van der Waals surface area contributed by atoms with Crippen LogP contribution in [0.3, 0.4) is 0 Å². The number of hydrogen-bond donors (Lipinski definition) is 1. The maximum absolute atomic E-state index is 13.8. The third-order valence-electron chi connectivity index (χ3n) is 6.70. The van der Waals surface area contributed by atoms with E-state index in [0.717, 1.165) is 36.2 Å². The lowest BCUT2D eigenvalue weighted by atomic mass is 10.1. The van der Waals surface area contributed by atoms with Crippen molar-refractivity contribution in [2.75, 3.05) is 17.1 Å².